The number of anilines is 2. The molecule has 3 aromatic rings. The van der Waals surface area contributed by atoms with E-state index in [1.807, 2.05) is 6.92 Å². The Bertz CT molecular complexity index is 1120. The number of carbonyl (C=O) groups excluding carboxylic acids is 2. The van der Waals surface area contributed by atoms with Gasteiger partial charge in [0, 0.05) is 24.5 Å². The highest BCUT2D eigenvalue weighted by atomic mass is 32.1. The Kier molecular flexibility index (Phi) is 4.89. The van der Waals surface area contributed by atoms with Crippen LogP contribution in [0.5, 0.6) is 0 Å². The lowest BCUT2D eigenvalue weighted by Gasteiger charge is -2.33. The van der Waals surface area contributed by atoms with E-state index in [0.717, 1.165) is 29.4 Å². The van der Waals surface area contributed by atoms with Crippen molar-refractivity contribution in [2.24, 2.45) is 0 Å². The van der Waals surface area contributed by atoms with Gasteiger partial charge < -0.3 is 14.8 Å². The molecule has 0 aliphatic carbocycles. The van der Waals surface area contributed by atoms with Gasteiger partial charge in [0.25, 0.3) is 11.8 Å². The van der Waals surface area contributed by atoms with E-state index in [1.165, 1.54) is 17.0 Å². The number of alkyl halides is 3. The minimum Gasteiger partial charge on any atom is -0.338 e. The molecule has 156 valence electrons. The smallest absolute Gasteiger partial charge is 0.338 e. The van der Waals surface area contributed by atoms with Gasteiger partial charge in [-0.2, -0.15) is 17.5 Å². The number of halogens is 3. The first-order chi connectivity index (χ1) is 14.1. The topological polar surface area (TPSA) is 67.2 Å². The molecule has 1 aliphatic rings. The van der Waals surface area contributed by atoms with Crippen LogP contribution in [0.15, 0.2) is 42.6 Å². The molecule has 0 saturated heterocycles. The molecule has 1 aliphatic heterocycles. The summed E-state index contributed by atoms with van der Waals surface area (Å²) < 4.78 is 44.4. The fourth-order valence-electron chi connectivity index (χ4n) is 3.44. The van der Waals surface area contributed by atoms with Crippen molar-refractivity contribution in [1.29, 1.82) is 0 Å². The van der Waals surface area contributed by atoms with Crippen molar-refractivity contribution in [2.45, 2.75) is 26.1 Å². The molecule has 0 saturated carbocycles. The maximum absolute atomic E-state index is 13.2. The Morgan fingerprint density at radius 3 is 2.53 bits per heavy atom. The van der Waals surface area contributed by atoms with Crippen molar-refractivity contribution in [2.75, 3.05) is 16.8 Å². The van der Waals surface area contributed by atoms with E-state index < -0.39 is 23.6 Å². The summed E-state index contributed by atoms with van der Waals surface area (Å²) in [6, 6.07) is 7.57. The first-order valence-electron chi connectivity index (χ1n) is 9.10. The van der Waals surface area contributed by atoms with E-state index >= 15 is 0 Å². The van der Waals surface area contributed by atoms with E-state index in [0.29, 0.717) is 10.7 Å². The van der Waals surface area contributed by atoms with Crippen molar-refractivity contribution in [3.8, 4) is 0 Å². The fraction of sp³-hybridized carbons (Fsp3) is 0.250. The molecular formula is C20H17F3N4O2S. The third-order valence-electron chi connectivity index (χ3n) is 4.90. The van der Waals surface area contributed by atoms with Crippen molar-refractivity contribution in [3.63, 3.8) is 0 Å². The summed E-state index contributed by atoms with van der Waals surface area (Å²) in [5.41, 5.74) is 0.734. The molecule has 0 fully saturated rings. The van der Waals surface area contributed by atoms with Crippen molar-refractivity contribution in [1.82, 2.24) is 8.94 Å². The zero-order valence-electron chi connectivity index (χ0n) is 16.0. The highest BCUT2D eigenvalue weighted by Gasteiger charge is 2.35. The first-order valence-corrected chi connectivity index (χ1v) is 9.87. The molecule has 0 spiro atoms. The molecule has 1 N–H and O–H groups in total. The van der Waals surface area contributed by atoms with E-state index in [4.69, 9.17) is 0 Å². The Morgan fingerprint density at radius 1 is 1.23 bits per heavy atom. The number of fused-ring (bicyclic) bond motifs is 1. The van der Waals surface area contributed by atoms with Crippen molar-refractivity contribution >= 4 is 34.0 Å². The van der Waals surface area contributed by atoms with Crippen molar-refractivity contribution in [3.05, 3.63) is 65.1 Å². The summed E-state index contributed by atoms with van der Waals surface area (Å²) in [6.45, 7) is 3.96. The maximum atomic E-state index is 13.2. The molecule has 4 rings (SSSR count). The third kappa shape index (κ3) is 3.58. The fourth-order valence-corrected chi connectivity index (χ4v) is 4.10. The predicted molar refractivity (Wildman–Crippen MR) is 107 cm³/mol. The van der Waals surface area contributed by atoms with Gasteiger partial charge in [-0.25, -0.2) is 0 Å². The van der Waals surface area contributed by atoms with Crippen LogP contribution in [0.1, 0.15) is 45.1 Å². The highest BCUT2D eigenvalue weighted by molar-refractivity contribution is 7.10. The number of aryl methyl sites for hydroxylation is 1. The lowest BCUT2D eigenvalue weighted by atomic mass is 10.1. The van der Waals surface area contributed by atoms with Gasteiger partial charge in [0.1, 0.15) is 10.7 Å². The van der Waals surface area contributed by atoms with Crippen LogP contribution in [-0.4, -0.2) is 27.3 Å². The average molecular weight is 434 g/mol. The molecule has 0 unspecified atom stereocenters. The van der Waals surface area contributed by atoms with Crippen molar-refractivity contribution < 1.29 is 22.8 Å². The summed E-state index contributed by atoms with van der Waals surface area (Å²) in [4.78, 5) is 27.3. The normalized spacial score (nSPS) is 16.5. The van der Waals surface area contributed by atoms with Gasteiger partial charge in [-0.1, -0.05) is 0 Å². The summed E-state index contributed by atoms with van der Waals surface area (Å²) in [7, 11) is 0. The van der Waals surface area contributed by atoms with Crippen LogP contribution in [0.3, 0.4) is 0 Å². The van der Waals surface area contributed by atoms with Crippen LogP contribution < -0.4 is 10.2 Å². The number of aromatic nitrogens is 2. The summed E-state index contributed by atoms with van der Waals surface area (Å²) in [6.07, 6.45) is -2.78. The van der Waals surface area contributed by atoms with Crippen LogP contribution in [0.25, 0.3) is 0 Å². The van der Waals surface area contributed by atoms with Gasteiger partial charge in [-0.05, 0) is 61.8 Å². The zero-order chi connectivity index (χ0) is 21.6. The predicted octanol–water partition coefficient (Wildman–Crippen LogP) is 4.75. The molecule has 1 atom stereocenters. The number of hydrogen-bond donors (Lipinski definition) is 1. The molecule has 30 heavy (non-hydrogen) atoms. The quantitative estimate of drug-likeness (QED) is 0.647. The third-order valence-corrected chi connectivity index (χ3v) is 5.70. The standard InChI is InChI=1S/C20H17F3N4O2S/c1-11-9-16(30-25-11)24-18(28)15-7-8-26-12(2)10-27(19(29)17(15)26)14-5-3-13(4-6-14)20(21,22)23/h3-9,12H,10H2,1-2H3,(H,24,28)/t12-/m0/s1. The van der Waals surface area contributed by atoms with Gasteiger partial charge >= 0.3 is 6.18 Å². The molecule has 6 nitrogen and oxygen atoms in total. The largest absolute Gasteiger partial charge is 0.416 e. The Morgan fingerprint density at radius 2 is 1.93 bits per heavy atom. The number of rotatable bonds is 3. The van der Waals surface area contributed by atoms with Crippen LogP contribution in [0.4, 0.5) is 23.9 Å². The van der Waals surface area contributed by atoms with E-state index in [1.54, 1.807) is 29.8 Å². The molecule has 3 heterocycles. The second kappa shape index (κ2) is 7.28. The van der Waals surface area contributed by atoms with Crippen LogP contribution in [-0.2, 0) is 6.18 Å². The second-order valence-corrected chi connectivity index (χ2v) is 7.89. The lowest BCUT2D eigenvalue weighted by Crippen LogP contribution is -2.43. The molecule has 0 radical (unpaired) electrons. The second-order valence-electron chi connectivity index (χ2n) is 7.08. The molecule has 1 aromatic carbocycles. The van der Waals surface area contributed by atoms with Gasteiger partial charge in [-0.3, -0.25) is 9.59 Å². The summed E-state index contributed by atoms with van der Waals surface area (Å²) >= 11 is 1.14. The monoisotopic (exact) mass is 434 g/mol. The number of hydrogen-bond acceptors (Lipinski definition) is 4. The Hall–Kier alpha value is -3.14. The summed E-state index contributed by atoms with van der Waals surface area (Å²) in [5, 5.41) is 3.30. The van der Waals surface area contributed by atoms with Gasteiger partial charge in [-0.15, -0.1) is 0 Å². The SMILES string of the molecule is Cc1cc(NC(=O)c2ccn3c2C(=O)N(c2ccc(C(F)(F)F)cc2)C[C@@H]3C)sn1. The molecular weight excluding hydrogens is 417 g/mol. The number of benzene rings is 1. The number of nitrogens with zero attached hydrogens (tertiary/aromatic N) is 3. The van der Waals surface area contributed by atoms with Crippen LogP contribution in [0, 0.1) is 6.92 Å². The Balaban J connectivity index is 1.65. The average Bonchev–Trinajstić information content (AvgIpc) is 3.31. The molecule has 0 bridgehead atoms. The molecule has 10 heteroatoms. The number of carbonyl (C=O) groups is 2. The van der Waals surface area contributed by atoms with Crippen LogP contribution in [0.2, 0.25) is 0 Å². The minimum absolute atomic E-state index is 0.160. The zero-order valence-corrected chi connectivity index (χ0v) is 16.8. The molecule has 2 amide bonds. The number of amides is 2. The van der Waals surface area contributed by atoms with E-state index in [-0.39, 0.29) is 23.8 Å². The van der Waals surface area contributed by atoms with E-state index in [9.17, 15) is 22.8 Å². The lowest BCUT2D eigenvalue weighted by molar-refractivity contribution is -0.137. The molecule has 2 aromatic heterocycles. The summed E-state index contributed by atoms with van der Waals surface area (Å²) in [5.74, 6) is -0.884. The van der Waals surface area contributed by atoms with Crippen LogP contribution >= 0.6 is 11.5 Å². The van der Waals surface area contributed by atoms with Gasteiger partial charge in [0.15, 0.2) is 0 Å². The minimum atomic E-state index is -4.45. The van der Waals surface area contributed by atoms with Gasteiger partial charge in [0.2, 0.25) is 0 Å². The highest BCUT2D eigenvalue weighted by Crippen LogP contribution is 2.33. The maximum Gasteiger partial charge on any atom is 0.416 e. The van der Waals surface area contributed by atoms with E-state index in [2.05, 4.69) is 9.69 Å². The van der Waals surface area contributed by atoms with Gasteiger partial charge in [0.05, 0.1) is 16.8 Å². The first kappa shape index (κ1) is 20.1. The number of nitrogens with one attached hydrogen (secondary N) is 1. The Labute approximate surface area is 174 Å².